The fraction of sp³-hybridized carbons (Fsp3) is 0.200. The van der Waals surface area contributed by atoms with Crippen molar-refractivity contribution in [3.63, 3.8) is 0 Å². The molecule has 0 aliphatic carbocycles. The van der Waals surface area contributed by atoms with Gasteiger partial charge >= 0.3 is 0 Å². The normalized spacial score (nSPS) is 10.3. The Bertz CT molecular complexity index is 558. The minimum absolute atomic E-state index is 0.118. The van der Waals surface area contributed by atoms with E-state index in [2.05, 4.69) is 0 Å². The minimum atomic E-state index is -0.986. The highest BCUT2D eigenvalue weighted by Crippen LogP contribution is 2.19. The quantitative estimate of drug-likeness (QED) is 0.827. The Morgan fingerprint density at radius 1 is 0.900 bits per heavy atom. The highest BCUT2D eigenvalue weighted by Gasteiger charge is 2.08. The number of nitrogens with two attached hydrogens (primary N) is 1. The second kappa shape index (κ2) is 6.86. The van der Waals surface area contributed by atoms with Gasteiger partial charge < -0.3 is 15.2 Å². The van der Waals surface area contributed by atoms with Crippen LogP contribution in [-0.4, -0.2) is 13.2 Å². The van der Waals surface area contributed by atoms with E-state index in [1.807, 2.05) is 12.1 Å². The maximum atomic E-state index is 13.3. The van der Waals surface area contributed by atoms with Crippen LogP contribution in [0.5, 0.6) is 11.5 Å². The summed E-state index contributed by atoms with van der Waals surface area (Å²) in [4.78, 5) is 0. The smallest absolute Gasteiger partial charge is 0.200 e. The Labute approximate surface area is 115 Å². The zero-order chi connectivity index (χ0) is 14.4. The van der Waals surface area contributed by atoms with Crippen LogP contribution in [0.2, 0.25) is 0 Å². The van der Waals surface area contributed by atoms with Gasteiger partial charge in [-0.15, -0.1) is 0 Å². The molecule has 0 saturated heterocycles. The molecule has 106 valence electrons. The first-order valence-corrected chi connectivity index (χ1v) is 6.19. The molecule has 3 nitrogen and oxygen atoms in total. The molecule has 2 aromatic carbocycles. The number of halogens is 2. The molecule has 2 N–H and O–H groups in total. The first-order chi connectivity index (χ1) is 9.70. The van der Waals surface area contributed by atoms with Crippen molar-refractivity contribution in [3.05, 3.63) is 59.7 Å². The average molecular weight is 279 g/mol. The van der Waals surface area contributed by atoms with Gasteiger partial charge in [0.25, 0.3) is 0 Å². The monoisotopic (exact) mass is 279 g/mol. The SMILES string of the molecule is NCc1ccc(OCCOc2cccc(F)c2F)cc1. The van der Waals surface area contributed by atoms with Crippen molar-refractivity contribution in [1.82, 2.24) is 0 Å². The average Bonchev–Trinajstić information content (AvgIpc) is 2.48. The molecule has 0 radical (unpaired) electrons. The zero-order valence-corrected chi connectivity index (χ0v) is 10.8. The summed E-state index contributed by atoms with van der Waals surface area (Å²) in [5.74, 6) is -1.36. The zero-order valence-electron chi connectivity index (χ0n) is 10.8. The molecule has 0 aliphatic heterocycles. The minimum Gasteiger partial charge on any atom is -0.490 e. The first kappa shape index (κ1) is 14.3. The molecule has 0 saturated carbocycles. The van der Waals surface area contributed by atoms with Gasteiger partial charge in [-0.2, -0.15) is 4.39 Å². The second-order valence-electron chi connectivity index (χ2n) is 4.10. The van der Waals surface area contributed by atoms with Gasteiger partial charge in [-0.25, -0.2) is 4.39 Å². The number of hydrogen-bond acceptors (Lipinski definition) is 3. The molecule has 0 atom stereocenters. The molecule has 0 spiro atoms. The fourth-order valence-corrected chi connectivity index (χ4v) is 1.63. The Morgan fingerprint density at radius 3 is 2.30 bits per heavy atom. The molecule has 0 aliphatic rings. The van der Waals surface area contributed by atoms with Crippen LogP contribution in [-0.2, 0) is 6.54 Å². The van der Waals surface area contributed by atoms with Gasteiger partial charge in [0.2, 0.25) is 5.82 Å². The molecule has 0 amide bonds. The van der Waals surface area contributed by atoms with Crippen molar-refractivity contribution in [3.8, 4) is 11.5 Å². The van der Waals surface area contributed by atoms with E-state index in [0.717, 1.165) is 11.6 Å². The Kier molecular flexibility index (Phi) is 4.90. The molecule has 0 bridgehead atoms. The highest BCUT2D eigenvalue weighted by atomic mass is 19.2. The first-order valence-electron chi connectivity index (χ1n) is 6.19. The van der Waals surface area contributed by atoms with Crippen LogP contribution in [0.25, 0.3) is 0 Å². The molecule has 5 heteroatoms. The molecule has 0 heterocycles. The van der Waals surface area contributed by atoms with Crippen molar-refractivity contribution >= 4 is 0 Å². The lowest BCUT2D eigenvalue weighted by Crippen LogP contribution is -2.10. The van der Waals surface area contributed by atoms with Crippen LogP contribution in [0.15, 0.2) is 42.5 Å². The molecule has 2 rings (SSSR count). The summed E-state index contributed by atoms with van der Waals surface area (Å²) in [5.41, 5.74) is 6.50. The second-order valence-corrected chi connectivity index (χ2v) is 4.10. The standard InChI is InChI=1S/C15H15F2NO2/c16-13-2-1-3-14(15(13)17)20-9-8-19-12-6-4-11(10-18)5-7-12/h1-7H,8-10,18H2. The largest absolute Gasteiger partial charge is 0.490 e. The van der Waals surface area contributed by atoms with Crippen molar-refractivity contribution < 1.29 is 18.3 Å². The summed E-state index contributed by atoms with van der Waals surface area (Å²) in [5, 5.41) is 0. The van der Waals surface area contributed by atoms with E-state index in [9.17, 15) is 8.78 Å². The van der Waals surface area contributed by atoms with Crippen LogP contribution in [0.3, 0.4) is 0 Å². The lowest BCUT2D eigenvalue weighted by atomic mass is 10.2. The highest BCUT2D eigenvalue weighted by molar-refractivity contribution is 5.27. The van der Waals surface area contributed by atoms with Crippen LogP contribution >= 0.6 is 0 Å². The predicted molar refractivity (Wildman–Crippen MR) is 71.7 cm³/mol. The van der Waals surface area contributed by atoms with E-state index < -0.39 is 11.6 Å². The van der Waals surface area contributed by atoms with Gasteiger partial charge in [-0.1, -0.05) is 18.2 Å². The van der Waals surface area contributed by atoms with Crippen molar-refractivity contribution in [2.75, 3.05) is 13.2 Å². The maximum Gasteiger partial charge on any atom is 0.200 e. The Morgan fingerprint density at radius 2 is 1.60 bits per heavy atom. The molecule has 0 aromatic heterocycles. The lowest BCUT2D eigenvalue weighted by molar-refractivity contribution is 0.210. The summed E-state index contributed by atoms with van der Waals surface area (Å²) in [6.07, 6.45) is 0. The van der Waals surface area contributed by atoms with Crippen LogP contribution in [0, 0.1) is 11.6 Å². The molecule has 20 heavy (non-hydrogen) atoms. The van der Waals surface area contributed by atoms with Gasteiger partial charge in [0.1, 0.15) is 19.0 Å². The summed E-state index contributed by atoms with van der Waals surface area (Å²) in [6.45, 7) is 0.833. The van der Waals surface area contributed by atoms with Crippen molar-refractivity contribution in [2.24, 2.45) is 5.73 Å². The van der Waals surface area contributed by atoms with Crippen molar-refractivity contribution in [1.29, 1.82) is 0 Å². The number of rotatable bonds is 6. The van der Waals surface area contributed by atoms with Gasteiger partial charge in [0.15, 0.2) is 11.6 Å². The third-order valence-electron chi connectivity index (χ3n) is 2.68. The van der Waals surface area contributed by atoms with Gasteiger partial charge in [-0.05, 0) is 29.8 Å². The summed E-state index contributed by atoms with van der Waals surface area (Å²) in [6, 6.07) is 11.1. The molecule has 0 unspecified atom stereocenters. The predicted octanol–water partition coefficient (Wildman–Crippen LogP) is 2.88. The molecule has 0 fully saturated rings. The van der Waals surface area contributed by atoms with E-state index in [1.165, 1.54) is 12.1 Å². The molecule has 2 aromatic rings. The van der Waals surface area contributed by atoms with Gasteiger partial charge in [0.05, 0.1) is 0 Å². The molecular weight excluding hydrogens is 264 g/mol. The van der Waals surface area contributed by atoms with Crippen LogP contribution in [0.1, 0.15) is 5.56 Å². The Balaban J connectivity index is 1.80. The lowest BCUT2D eigenvalue weighted by Gasteiger charge is -2.09. The third-order valence-corrected chi connectivity index (χ3v) is 2.68. The van der Waals surface area contributed by atoms with Crippen LogP contribution < -0.4 is 15.2 Å². The van der Waals surface area contributed by atoms with Crippen LogP contribution in [0.4, 0.5) is 8.78 Å². The van der Waals surface area contributed by atoms with E-state index in [1.54, 1.807) is 12.1 Å². The van der Waals surface area contributed by atoms with E-state index >= 15 is 0 Å². The van der Waals surface area contributed by atoms with Gasteiger partial charge in [0, 0.05) is 6.54 Å². The van der Waals surface area contributed by atoms with E-state index in [-0.39, 0.29) is 19.0 Å². The third kappa shape index (κ3) is 3.68. The van der Waals surface area contributed by atoms with E-state index in [0.29, 0.717) is 12.3 Å². The number of ether oxygens (including phenoxy) is 2. The fourth-order valence-electron chi connectivity index (χ4n) is 1.63. The van der Waals surface area contributed by atoms with Crippen molar-refractivity contribution in [2.45, 2.75) is 6.54 Å². The Hall–Kier alpha value is -2.14. The summed E-state index contributed by atoms with van der Waals surface area (Å²) < 4.78 is 36.8. The van der Waals surface area contributed by atoms with Gasteiger partial charge in [-0.3, -0.25) is 0 Å². The maximum absolute atomic E-state index is 13.3. The number of benzene rings is 2. The van der Waals surface area contributed by atoms with E-state index in [4.69, 9.17) is 15.2 Å². The molecular formula is C15H15F2NO2. The summed E-state index contributed by atoms with van der Waals surface area (Å²) >= 11 is 0. The topological polar surface area (TPSA) is 44.5 Å². The number of hydrogen-bond donors (Lipinski definition) is 1. The summed E-state index contributed by atoms with van der Waals surface area (Å²) in [7, 11) is 0.